The van der Waals surface area contributed by atoms with Crippen LogP contribution in [0.1, 0.15) is 45.2 Å². The molecule has 0 saturated heterocycles. The van der Waals surface area contributed by atoms with Gasteiger partial charge >= 0.3 is 0 Å². The number of hydrogen-bond acceptors (Lipinski definition) is 6. The van der Waals surface area contributed by atoms with E-state index in [-0.39, 0.29) is 10.8 Å². The van der Waals surface area contributed by atoms with E-state index in [2.05, 4.69) is 31.2 Å². The molecule has 2 rings (SSSR count). The van der Waals surface area contributed by atoms with Gasteiger partial charge in [0.15, 0.2) is 11.5 Å². The summed E-state index contributed by atoms with van der Waals surface area (Å²) >= 11 is 3.47. The number of halogens is 1. The number of nitrogens with one attached hydrogen (secondary N) is 2. The lowest BCUT2D eigenvalue weighted by Gasteiger charge is -2.19. The molecule has 1 amide bonds. The summed E-state index contributed by atoms with van der Waals surface area (Å²) in [5, 5.41) is 4.03. The highest BCUT2D eigenvalue weighted by molar-refractivity contribution is 9.10. The maximum absolute atomic E-state index is 12.8. The Balaban J connectivity index is 2.17. The van der Waals surface area contributed by atoms with Gasteiger partial charge in [-0.05, 0) is 78.9 Å². The number of carbonyl (C=O) groups is 1. The average molecular weight is 555 g/mol. The largest absolute Gasteiger partial charge is 0.490 e. The minimum atomic E-state index is -3.87. The van der Waals surface area contributed by atoms with Crippen molar-refractivity contribution in [1.29, 1.82) is 0 Å². The van der Waals surface area contributed by atoms with Gasteiger partial charge in [-0.2, -0.15) is 9.82 Å². The number of amides is 1. The Morgan fingerprint density at radius 2 is 1.76 bits per heavy atom. The highest BCUT2D eigenvalue weighted by Gasteiger charge is 2.26. The molecular formula is C24H32BrN3O5S. The van der Waals surface area contributed by atoms with Crippen LogP contribution in [0.3, 0.4) is 0 Å². The fraction of sp³-hybridized carbons (Fsp3) is 0.417. The van der Waals surface area contributed by atoms with Crippen LogP contribution in [0.25, 0.3) is 0 Å². The first kappa shape index (κ1) is 27.8. The second-order valence-corrected chi connectivity index (χ2v) is 10.6. The third-order valence-electron chi connectivity index (χ3n) is 4.66. The third kappa shape index (κ3) is 8.11. The second-order valence-electron chi connectivity index (χ2n) is 8.05. The Labute approximate surface area is 210 Å². The summed E-state index contributed by atoms with van der Waals surface area (Å²) < 4.78 is 40.1. The molecule has 0 spiro atoms. The fourth-order valence-corrected chi connectivity index (χ4v) is 4.89. The normalized spacial score (nSPS) is 12.7. The van der Waals surface area contributed by atoms with Crippen molar-refractivity contribution in [2.75, 3.05) is 13.2 Å². The molecule has 0 unspecified atom stereocenters. The van der Waals surface area contributed by atoms with Crippen molar-refractivity contribution in [2.45, 2.75) is 52.0 Å². The van der Waals surface area contributed by atoms with Crippen LogP contribution < -0.4 is 19.6 Å². The van der Waals surface area contributed by atoms with Crippen LogP contribution in [-0.4, -0.2) is 39.8 Å². The molecular weight excluding hydrogens is 522 g/mol. The van der Waals surface area contributed by atoms with E-state index >= 15 is 0 Å². The standard InChI is InChI=1S/C24H32BrN3O5S/c1-6-32-22-14-18(13-20(25)23(22)33-7-2)15-26-27-24(29)21(12-16(3)4)28-34(30,31)19-10-8-17(5)9-11-19/h8-11,13-16,21,28H,6-7,12H2,1-5H3,(H,27,29)/b26-15-/t21-/m0/s1. The number of rotatable bonds is 12. The van der Waals surface area contributed by atoms with Gasteiger partial charge in [-0.1, -0.05) is 31.5 Å². The molecule has 0 aromatic heterocycles. The van der Waals surface area contributed by atoms with Crippen LogP contribution in [0, 0.1) is 12.8 Å². The molecule has 34 heavy (non-hydrogen) atoms. The highest BCUT2D eigenvalue weighted by atomic mass is 79.9. The number of sulfonamides is 1. The Kier molecular flexibility index (Phi) is 10.5. The summed E-state index contributed by atoms with van der Waals surface area (Å²) in [7, 11) is -3.87. The summed E-state index contributed by atoms with van der Waals surface area (Å²) in [4.78, 5) is 12.9. The zero-order valence-corrected chi connectivity index (χ0v) is 22.5. The van der Waals surface area contributed by atoms with Gasteiger partial charge in [0.25, 0.3) is 5.91 Å². The van der Waals surface area contributed by atoms with E-state index in [0.717, 1.165) is 5.56 Å². The van der Waals surface area contributed by atoms with Gasteiger partial charge in [-0.3, -0.25) is 4.79 Å². The molecule has 2 aromatic carbocycles. The van der Waals surface area contributed by atoms with Crippen LogP contribution in [0.4, 0.5) is 0 Å². The van der Waals surface area contributed by atoms with Crippen molar-refractivity contribution in [1.82, 2.24) is 10.1 Å². The number of benzene rings is 2. The molecule has 0 aliphatic carbocycles. The molecule has 10 heteroatoms. The van der Waals surface area contributed by atoms with Gasteiger partial charge in [-0.15, -0.1) is 0 Å². The number of aryl methyl sites for hydroxylation is 1. The van der Waals surface area contributed by atoms with Gasteiger partial charge in [0.1, 0.15) is 6.04 Å². The topological polar surface area (TPSA) is 106 Å². The van der Waals surface area contributed by atoms with Crippen LogP contribution in [0.2, 0.25) is 0 Å². The van der Waals surface area contributed by atoms with Crippen LogP contribution in [0.5, 0.6) is 11.5 Å². The fourth-order valence-electron chi connectivity index (χ4n) is 3.11. The first-order chi connectivity index (χ1) is 16.1. The zero-order valence-electron chi connectivity index (χ0n) is 20.1. The van der Waals surface area contributed by atoms with Crippen LogP contribution in [-0.2, 0) is 14.8 Å². The Morgan fingerprint density at radius 3 is 2.35 bits per heavy atom. The number of carbonyl (C=O) groups excluding carboxylic acids is 1. The molecule has 0 aliphatic heterocycles. The predicted octanol–water partition coefficient (Wildman–Crippen LogP) is 4.40. The Hall–Kier alpha value is -2.43. The molecule has 0 saturated carbocycles. The molecule has 2 N–H and O–H groups in total. The minimum Gasteiger partial charge on any atom is -0.490 e. The molecule has 0 aliphatic rings. The van der Waals surface area contributed by atoms with Crippen molar-refractivity contribution in [3.05, 3.63) is 52.0 Å². The zero-order chi connectivity index (χ0) is 25.3. The number of hydrogen-bond donors (Lipinski definition) is 2. The molecule has 0 radical (unpaired) electrons. The first-order valence-electron chi connectivity index (χ1n) is 11.1. The van der Waals surface area contributed by atoms with E-state index < -0.39 is 22.0 Å². The van der Waals surface area contributed by atoms with Gasteiger partial charge in [-0.25, -0.2) is 13.8 Å². The molecule has 2 aromatic rings. The Morgan fingerprint density at radius 1 is 1.12 bits per heavy atom. The Bertz CT molecular complexity index is 1100. The summed E-state index contributed by atoms with van der Waals surface area (Å²) in [6, 6.07) is 9.01. The monoisotopic (exact) mass is 553 g/mol. The first-order valence-corrected chi connectivity index (χ1v) is 13.4. The van der Waals surface area contributed by atoms with Gasteiger partial charge < -0.3 is 9.47 Å². The lowest BCUT2D eigenvalue weighted by Crippen LogP contribution is -2.46. The number of hydrazone groups is 1. The number of ether oxygens (including phenoxy) is 2. The van der Waals surface area contributed by atoms with Crippen LogP contribution in [0.15, 0.2) is 50.9 Å². The van der Waals surface area contributed by atoms with E-state index in [1.165, 1.54) is 18.3 Å². The maximum atomic E-state index is 12.8. The highest BCUT2D eigenvalue weighted by Crippen LogP contribution is 2.36. The van der Waals surface area contributed by atoms with Gasteiger partial charge in [0.05, 0.1) is 28.8 Å². The van der Waals surface area contributed by atoms with E-state index in [1.807, 2.05) is 34.6 Å². The van der Waals surface area contributed by atoms with Gasteiger partial charge in [0.2, 0.25) is 10.0 Å². The second kappa shape index (κ2) is 12.9. The average Bonchev–Trinajstić information content (AvgIpc) is 2.75. The quantitative estimate of drug-likeness (QED) is 0.299. The van der Waals surface area contributed by atoms with E-state index in [1.54, 1.807) is 24.3 Å². The number of nitrogens with zero attached hydrogens (tertiary/aromatic N) is 1. The summed E-state index contributed by atoms with van der Waals surface area (Å²) in [6.45, 7) is 10.4. The van der Waals surface area contributed by atoms with Crippen molar-refractivity contribution in [3.63, 3.8) is 0 Å². The SMILES string of the molecule is CCOc1cc(/C=N\NC(=O)[C@H](CC(C)C)NS(=O)(=O)c2ccc(C)cc2)cc(Br)c1OCC. The summed E-state index contributed by atoms with van der Waals surface area (Å²) in [6.07, 6.45) is 1.78. The summed E-state index contributed by atoms with van der Waals surface area (Å²) in [5.41, 5.74) is 4.06. The van der Waals surface area contributed by atoms with Crippen molar-refractivity contribution in [2.24, 2.45) is 11.0 Å². The van der Waals surface area contributed by atoms with E-state index in [9.17, 15) is 13.2 Å². The minimum absolute atomic E-state index is 0.0799. The van der Waals surface area contributed by atoms with E-state index in [0.29, 0.717) is 41.2 Å². The van der Waals surface area contributed by atoms with Crippen molar-refractivity contribution < 1.29 is 22.7 Å². The molecule has 0 bridgehead atoms. The lowest BCUT2D eigenvalue weighted by atomic mass is 10.0. The van der Waals surface area contributed by atoms with E-state index in [4.69, 9.17) is 9.47 Å². The van der Waals surface area contributed by atoms with Gasteiger partial charge in [0, 0.05) is 0 Å². The summed E-state index contributed by atoms with van der Waals surface area (Å²) in [5.74, 6) is 0.676. The lowest BCUT2D eigenvalue weighted by molar-refractivity contribution is -0.123. The maximum Gasteiger partial charge on any atom is 0.258 e. The third-order valence-corrected chi connectivity index (χ3v) is 6.74. The molecule has 8 nitrogen and oxygen atoms in total. The molecule has 0 heterocycles. The predicted molar refractivity (Wildman–Crippen MR) is 137 cm³/mol. The van der Waals surface area contributed by atoms with Crippen LogP contribution >= 0.6 is 15.9 Å². The molecule has 186 valence electrons. The smallest absolute Gasteiger partial charge is 0.258 e. The van der Waals surface area contributed by atoms with Crippen molar-refractivity contribution >= 4 is 38.1 Å². The molecule has 1 atom stereocenters. The van der Waals surface area contributed by atoms with Crippen molar-refractivity contribution in [3.8, 4) is 11.5 Å². The molecule has 0 fully saturated rings.